The first-order valence-corrected chi connectivity index (χ1v) is 13.2. The molecular weight excluding hydrogens is 623 g/mol. The van der Waals surface area contributed by atoms with Gasteiger partial charge in [0.05, 0.1) is 16.1 Å². The van der Waals surface area contributed by atoms with Crippen LogP contribution < -0.4 is 0 Å². The van der Waals surface area contributed by atoms with E-state index in [9.17, 15) is 54.5 Å². The average molecular weight is 647 g/mol. The summed E-state index contributed by atoms with van der Waals surface area (Å²) in [6.45, 7) is 4.66. The highest BCUT2D eigenvalue weighted by Gasteiger charge is 2.72. The smallest absolute Gasteiger partial charge is 0.382 e. The van der Waals surface area contributed by atoms with E-state index in [0.717, 1.165) is 0 Å². The number of hydrogen-bond acceptors (Lipinski definition) is 8. The summed E-state index contributed by atoms with van der Waals surface area (Å²) < 4.78 is 125. The quantitative estimate of drug-likeness (QED) is 0.367. The Labute approximate surface area is 241 Å². The Balaban J connectivity index is 2.00. The van der Waals surface area contributed by atoms with Crippen molar-refractivity contribution in [3.8, 4) is 21.3 Å². The number of nitrogens with zero attached hydrogens (tertiary/aromatic N) is 6. The second-order valence-corrected chi connectivity index (χ2v) is 11.5. The van der Waals surface area contributed by atoms with Crippen molar-refractivity contribution in [2.24, 2.45) is 7.05 Å². The monoisotopic (exact) mass is 646 g/mol. The van der Waals surface area contributed by atoms with Gasteiger partial charge in [-0.05, 0) is 39.7 Å². The second kappa shape index (κ2) is 10.4. The van der Waals surface area contributed by atoms with Gasteiger partial charge in [-0.3, -0.25) is 9.78 Å². The first kappa shape index (κ1) is 32.6. The van der Waals surface area contributed by atoms with Gasteiger partial charge in [-0.1, -0.05) is 0 Å². The lowest BCUT2D eigenvalue weighted by Crippen LogP contribution is -2.54. The Morgan fingerprint density at radius 1 is 1.02 bits per heavy atom. The highest BCUT2D eigenvalue weighted by Crippen LogP contribution is 2.51. The molecule has 3 aromatic heterocycles. The minimum absolute atomic E-state index is 0.0147. The van der Waals surface area contributed by atoms with Crippen molar-refractivity contribution in [3.63, 3.8) is 0 Å². The zero-order valence-electron chi connectivity index (χ0n) is 22.6. The average Bonchev–Trinajstić information content (AvgIpc) is 3.58. The molecule has 19 heteroatoms. The molecule has 0 spiro atoms. The van der Waals surface area contributed by atoms with Gasteiger partial charge >= 0.3 is 18.5 Å². The van der Waals surface area contributed by atoms with Gasteiger partial charge in [0.2, 0.25) is 0 Å². The van der Waals surface area contributed by atoms with Crippen LogP contribution in [0.25, 0.3) is 21.3 Å². The van der Waals surface area contributed by atoms with Crippen molar-refractivity contribution in [2.45, 2.75) is 69.4 Å². The maximum atomic E-state index is 14.3. The van der Waals surface area contributed by atoms with Crippen LogP contribution in [0.2, 0.25) is 0 Å². The van der Waals surface area contributed by atoms with Crippen LogP contribution in [0.3, 0.4) is 0 Å². The van der Waals surface area contributed by atoms with Crippen LogP contribution in [0.5, 0.6) is 0 Å². The van der Waals surface area contributed by atoms with Crippen LogP contribution >= 0.6 is 11.3 Å². The predicted octanol–water partition coefficient (Wildman–Crippen LogP) is 5.18. The Kier molecular flexibility index (Phi) is 7.88. The van der Waals surface area contributed by atoms with Gasteiger partial charge in [0, 0.05) is 31.4 Å². The minimum atomic E-state index is -6.49. The highest BCUT2D eigenvalue weighted by molar-refractivity contribution is 7.18. The van der Waals surface area contributed by atoms with Gasteiger partial charge in [0.25, 0.3) is 11.5 Å². The molecular formula is C24H23F9N6O3S. The van der Waals surface area contributed by atoms with Crippen LogP contribution in [-0.2, 0) is 24.4 Å². The van der Waals surface area contributed by atoms with E-state index in [1.807, 2.05) is 0 Å². The van der Waals surface area contributed by atoms with E-state index in [2.05, 4.69) is 20.2 Å². The van der Waals surface area contributed by atoms with E-state index in [1.165, 1.54) is 30.4 Å². The van der Waals surface area contributed by atoms with Gasteiger partial charge in [-0.25, -0.2) is 4.98 Å². The topological polar surface area (TPSA) is 117 Å². The van der Waals surface area contributed by atoms with Gasteiger partial charge in [0.1, 0.15) is 11.3 Å². The fourth-order valence-electron chi connectivity index (χ4n) is 4.68. The molecule has 0 bridgehead atoms. The molecule has 0 saturated carbocycles. The summed E-state index contributed by atoms with van der Waals surface area (Å²) in [5, 5.41) is 27.6. The van der Waals surface area contributed by atoms with Gasteiger partial charge in [0.15, 0.2) is 16.7 Å². The number of halogens is 9. The Morgan fingerprint density at radius 2 is 1.63 bits per heavy atom. The molecule has 1 amide bonds. The molecule has 0 aliphatic carbocycles. The predicted molar refractivity (Wildman–Crippen MR) is 131 cm³/mol. The molecule has 3 aromatic rings. The van der Waals surface area contributed by atoms with Crippen molar-refractivity contribution in [1.29, 1.82) is 0 Å². The number of hydrogen-bond donors (Lipinski definition) is 2. The third-order valence-electron chi connectivity index (χ3n) is 6.90. The standard InChI is InChI=1S/C24H23F9N6O3S/c1-10-6-5-7-39(10)18(40)14-15(43-17(35-14)16-36-37-19(38(16)4)20(2,3)41)11-9-34-13(8-12(11)22(25,26)27)21(42,23(28,29)30)24(31,32)33/h8-10,41-42H,5-7H2,1-4H3. The number of carbonyl (C=O) groups is 1. The number of pyridine rings is 1. The van der Waals surface area contributed by atoms with Gasteiger partial charge < -0.3 is 19.7 Å². The highest BCUT2D eigenvalue weighted by atomic mass is 32.1. The number of aromatic nitrogens is 5. The molecule has 1 aliphatic rings. The van der Waals surface area contributed by atoms with Crippen LogP contribution in [0.4, 0.5) is 39.5 Å². The third-order valence-corrected chi connectivity index (χ3v) is 7.99. The molecule has 1 fully saturated rings. The Bertz CT molecular complexity index is 1520. The zero-order chi connectivity index (χ0) is 32.5. The first-order chi connectivity index (χ1) is 19.5. The first-order valence-electron chi connectivity index (χ1n) is 12.4. The summed E-state index contributed by atoms with van der Waals surface area (Å²) in [4.78, 5) is 21.5. The summed E-state index contributed by atoms with van der Waals surface area (Å²) in [6.07, 6.45) is -17.3. The number of aliphatic hydroxyl groups is 2. The molecule has 4 rings (SSSR count). The molecule has 9 nitrogen and oxygen atoms in total. The Morgan fingerprint density at radius 3 is 2.09 bits per heavy atom. The van der Waals surface area contributed by atoms with Gasteiger partial charge in [-0.2, -0.15) is 39.5 Å². The largest absolute Gasteiger partial charge is 0.432 e. The molecule has 0 radical (unpaired) electrons. The third kappa shape index (κ3) is 5.57. The van der Waals surface area contributed by atoms with E-state index >= 15 is 0 Å². The van der Waals surface area contributed by atoms with E-state index in [0.29, 0.717) is 24.2 Å². The van der Waals surface area contributed by atoms with Crippen molar-refractivity contribution < 1.29 is 54.5 Å². The van der Waals surface area contributed by atoms with Crippen LogP contribution in [0, 0.1) is 0 Å². The fraction of sp³-hybridized carbons (Fsp3) is 0.542. The molecule has 1 unspecified atom stereocenters. The summed E-state index contributed by atoms with van der Waals surface area (Å²) in [6, 6.07) is -0.893. The van der Waals surface area contributed by atoms with Gasteiger partial charge in [-0.15, -0.1) is 21.5 Å². The van der Waals surface area contributed by atoms with Crippen molar-refractivity contribution >= 4 is 17.2 Å². The molecule has 4 heterocycles. The van der Waals surface area contributed by atoms with E-state index in [4.69, 9.17) is 0 Å². The molecule has 1 aliphatic heterocycles. The number of amides is 1. The number of rotatable bonds is 5. The van der Waals surface area contributed by atoms with Crippen molar-refractivity contribution in [2.75, 3.05) is 6.54 Å². The summed E-state index contributed by atoms with van der Waals surface area (Å²) >= 11 is 0.436. The summed E-state index contributed by atoms with van der Waals surface area (Å²) in [5.41, 5.74) is -13.3. The maximum absolute atomic E-state index is 14.3. The maximum Gasteiger partial charge on any atom is 0.432 e. The summed E-state index contributed by atoms with van der Waals surface area (Å²) in [7, 11) is 1.40. The van der Waals surface area contributed by atoms with Crippen LogP contribution in [0.1, 0.15) is 61.2 Å². The van der Waals surface area contributed by atoms with Crippen molar-refractivity contribution in [1.82, 2.24) is 29.6 Å². The molecule has 1 saturated heterocycles. The van der Waals surface area contributed by atoms with Crippen molar-refractivity contribution in [3.05, 3.63) is 35.0 Å². The second-order valence-electron chi connectivity index (χ2n) is 10.5. The van der Waals surface area contributed by atoms with Crippen LogP contribution in [0.15, 0.2) is 12.3 Å². The Hall–Kier alpha value is -3.32. The lowest BCUT2D eigenvalue weighted by atomic mass is 9.94. The number of thiazole rings is 1. The molecule has 236 valence electrons. The number of alkyl halides is 9. The fourth-order valence-corrected chi connectivity index (χ4v) is 5.78. The lowest BCUT2D eigenvalue weighted by molar-refractivity contribution is -0.377. The normalized spacial score (nSPS) is 17.2. The molecule has 43 heavy (non-hydrogen) atoms. The SMILES string of the molecule is CC1CCCN1C(=O)c1nc(-c2nnc(C(C)(C)O)n2C)sc1-c1cnc(C(O)(C(F)(F)F)C(F)(F)F)cc1C(F)(F)F. The lowest BCUT2D eigenvalue weighted by Gasteiger charge is -2.32. The zero-order valence-corrected chi connectivity index (χ0v) is 23.5. The number of carbonyl (C=O) groups excluding carboxylic acids is 1. The summed E-state index contributed by atoms with van der Waals surface area (Å²) in [5.74, 6) is -0.925. The molecule has 1 atom stereocenters. The molecule has 2 N–H and O–H groups in total. The van der Waals surface area contributed by atoms with E-state index < -0.39 is 69.1 Å². The van der Waals surface area contributed by atoms with E-state index in [1.54, 1.807) is 6.92 Å². The number of likely N-dealkylation sites (tertiary alicyclic amines) is 1. The van der Waals surface area contributed by atoms with E-state index in [-0.39, 0.29) is 35.4 Å². The molecule has 0 aromatic carbocycles. The van der Waals surface area contributed by atoms with Crippen LogP contribution in [-0.4, -0.2) is 70.7 Å². The minimum Gasteiger partial charge on any atom is -0.382 e.